The molecule has 0 atom stereocenters. The standard InChI is InChI=1S/C20H20N2O5/c1-13(23)21-11-15-3-7-17(8-4-15)19(25)27-20(26)18-9-5-16(6-10-18)12-22-14(2)24/h3-10H,11-12H2,1-2H3,(H,21,23)(H,22,24). The molecule has 0 fully saturated rings. The Hall–Kier alpha value is -3.48. The van der Waals surface area contributed by atoms with E-state index >= 15 is 0 Å². The van der Waals surface area contributed by atoms with E-state index in [1.165, 1.54) is 38.1 Å². The third-order valence-corrected chi connectivity index (χ3v) is 3.65. The van der Waals surface area contributed by atoms with E-state index in [2.05, 4.69) is 10.6 Å². The van der Waals surface area contributed by atoms with Gasteiger partial charge in [0.2, 0.25) is 11.8 Å². The monoisotopic (exact) mass is 368 g/mol. The lowest BCUT2D eigenvalue weighted by Crippen LogP contribution is -2.19. The highest BCUT2D eigenvalue weighted by Crippen LogP contribution is 2.10. The van der Waals surface area contributed by atoms with Gasteiger partial charge in [-0.3, -0.25) is 9.59 Å². The molecule has 0 saturated carbocycles. The van der Waals surface area contributed by atoms with Crippen LogP contribution in [0.4, 0.5) is 0 Å². The molecule has 0 aliphatic rings. The molecule has 7 nitrogen and oxygen atoms in total. The second kappa shape index (κ2) is 9.28. The number of carbonyl (C=O) groups is 4. The van der Waals surface area contributed by atoms with E-state index in [1.807, 2.05) is 0 Å². The Morgan fingerprint density at radius 1 is 0.667 bits per heavy atom. The van der Waals surface area contributed by atoms with Crippen LogP contribution in [0, 0.1) is 0 Å². The summed E-state index contributed by atoms with van der Waals surface area (Å²) in [5.41, 5.74) is 2.11. The minimum Gasteiger partial charge on any atom is -0.386 e. The minimum atomic E-state index is -0.756. The molecule has 0 heterocycles. The Morgan fingerprint density at radius 2 is 1.00 bits per heavy atom. The summed E-state index contributed by atoms with van der Waals surface area (Å²) in [5.74, 6) is -1.80. The Kier molecular flexibility index (Phi) is 6.82. The van der Waals surface area contributed by atoms with Crippen molar-refractivity contribution < 1.29 is 23.9 Å². The number of hydrogen-bond acceptors (Lipinski definition) is 5. The SMILES string of the molecule is CC(=O)NCc1ccc(C(=O)OC(=O)c2ccc(CNC(C)=O)cc2)cc1. The van der Waals surface area contributed by atoms with Crippen molar-refractivity contribution in [2.24, 2.45) is 0 Å². The van der Waals surface area contributed by atoms with E-state index in [0.717, 1.165) is 11.1 Å². The van der Waals surface area contributed by atoms with Crippen molar-refractivity contribution in [2.75, 3.05) is 0 Å². The number of ether oxygens (including phenoxy) is 1. The van der Waals surface area contributed by atoms with Gasteiger partial charge in [-0.1, -0.05) is 24.3 Å². The molecule has 0 aliphatic heterocycles. The number of carbonyl (C=O) groups excluding carboxylic acids is 4. The highest BCUT2D eigenvalue weighted by molar-refractivity contribution is 6.02. The molecular formula is C20H20N2O5. The first-order valence-corrected chi connectivity index (χ1v) is 8.28. The van der Waals surface area contributed by atoms with Crippen molar-refractivity contribution >= 4 is 23.8 Å². The van der Waals surface area contributed by atoms with Crippen LogP contribution in [0.1, 0.15) is 45.7 Å². The lowest BCUT2D eigenvalue weighted by atomic mass is 10.1. The zero-order chi connectivity index (χ0) is 19.8. The predicted molar refractivity (Wildman–Crippen MR) is 97.7 cm³/mol. The summed E-state index contributed by atoms with van der Waals surface area (Å²) in [6.07, 6.45) is 0. The van der Waals surface area contributed by atoms with E-state index in [1.54, 1.807) is 24.3 Å². The summed E-state index contributed by atoms with van der Waals surface area (Å²) in [6.45, 7) is 3.55. The Balaban J connectivity index is 1.93. The minimum absolute atomic E-state index is 0.146. The average molecular weight is 368 g/mol. The molecule has 0 radical (unpaired) electrons. The normalized spacial score (nSPS) is 10.0. The van der Waals surface area contributed by atoms with Gasteiger partial charge < -0.3 is 15.4 Å². The van der Waals surface area contributed by atoms with E-state index in [9.17, 15) is 19.2 Å². The zero-order valence-corrected chi connectivity index (χ0v) is 15.1. The molecule has 2 amide bonds. The molecular weight excluding hydrogens is 348 g/mol. The molecule has 2 aromatic rings. The Bertz CT molecular complexity index is 770. The number of nitrogens with one attached hydrogen (secondary N) is 2. The van der Waals surface area contributed by atoms with Gasteiger partial charge in [0, 0.05) is 26.9 Å². The largest absolute Gasteiger partial charge is 0.386 e. The van der Waals surface area contributed by atoms with Gasteiger partial charge in [0.15, 0.2) is 0 Å². The third-order valence-electron chi connectivity index (χ3n) is 3.65. The molecule has 7 heteroatoms. The van der Waals surface area contributed by atoms with Crippen molar-refractivity contribution in [3.63, 3.8) is 0 Å². The van der Waals surface area contributed by atoms with E-state index in [4.69, 9.17) is 4.74 Å². The van der Waals surface area contributed by atoms with Gasteiger partial charge >= 0.3 is 11.9 Å². The van der Waals surface area contributed by atoms with Gasteiger partial charge in [-0.15, -0.1) is 0 Å². The first-order valence-electron chi connectivity index (χ1n) is 8.28. The fourth-order valence-electron chi connectivity index (χ4n) is 2.17. The van der Waals surface area contributed by atoms with Crippen molar-refractivity contribution in [1.29, 1.82) is 0 Å². The lowest BCUT2D eigenvalue weighted by molar-refractivity contribution is -0.120. The summed E-state index contributed by atoms with van der Waals surface area (Å²) < 4.78 is 4.88. The van der Waals surface area contributed by atoms with Crippen LogP contribution in [-0.4, -0.2) is 23.8 Å². The molecule has 0 bridgehead atoms. The second-order valence-electron chi connectivity index (χ2n) is 5.89. The number of amides is 2. The molecule has 0 aliphatic carbocycles. The molecule has 0 unspecified atom stereocenters. The van der Waals surface area contributed by atoms with E-state index < -0.39 is 11.9 Å². The molecule has 0 saturated heterocycles. The predicted octanol–water partition coefficient (Wildman–Crippen LogP) is 1.96. The van der Waals surface area contributed by atoms with Gasteiger partial charge in [0.25, 0.3) is 0 Å². The van der Waals surface area contributed by atoms with Crippen LogP contribution < -0.4 is 10.6 Å². The van der Waals surface area contributed by atoms with Crippen LogP contribution in [0.25, 0.3) is 0 Å². The van der Waals surface area contributed by atoms with Crippen LogP contribution in [-0.2, 0) is 27.4 Å². The first kappa shape index (κ1) is 19.8. The van der Waals surface area contributed by atoms with Gasteiger partial charge in [0.1, 0.15) is 0 Å². The summed E-state index contributed by atoms with van der Waals surface area (Å²) in [7, 11) is 0. The molecule has 2 rings (SSSR count). The molecule has 27 heavy (non-hydrogen) atoms. The Labute approximate surface area is 156 Å². The average Bonchev–Trinajstić information content (AvgIpc) is 2.65. The maximum atomic E-state index is 12.1. The van der Waals surface area contributed by atoms with Crippen LogP contribution in [0.5, 0.6) is 0 Å². The fourth-order valence-corrected chi connectivity index (χ4v) is 2.17. The fraction of sp³-hybridized carbons (Fsp3) is 0.200. The molecule has 2 aromatic carbocycles. The maximum absolute atomic E-state index is 12.1. The Morgan fingerprint density at radius 3 is 1.30 bits per heavy atom. The van der Waals surface area contributed by atoms with Crippen LogP contribution in [0.15, 0.2) is 48.5 Å². The number of esters is 2. The van der Waals surface area contributed by atoms with Crippen LogP contribution in [0.3, 0.4) is 0 Å². The van der Waals surface area contributed by atoms with Crippen molar-refractivity contribution in [3.8, 4) is 0 Å². The summed E-state index contributed by atoms with van der Waals surface area (Å²) in [6, 6.07) is 12.8. The zero-order valence-electron chi connectivity index (χ0n) is 15.1. The second-order valence-corrected chi connectivity index (χ2v) is 5.89. The molecule has 0 spiro atoms. The van der Waals surface area contributed by atoms with Gasteiger partial charge in [-0.05, 0) is 35.4 Å². The number of hydrogen-bond donors (Lipinski definition) is 2. The van der Waals surface area contributed by atoms with Crippen LogP contribution in [0.2, 0.25) is 0 Å². The maximum Gasteiger partial charge on any atom is 0.346 e. The number of rotatable bonds is 6. The molecule has 140 valence electrons. The van der Waals surface area contributed by atoms with Gasteiger partial charge in [0.05, 0.1) is 11.1 Å². The smallest absolute Gasteiger partial charge is 0.346 e. The van der Waals surface area contributed by atoms with Crippen molar-refractivity contribution in [1.82, 2.24) is 10.6 Å². The highest BCUT2D eigenvalue weighted by atomic mass is 16.6. The summed E-state index contributed by atoms with van der Waals surface area (Å²) in [5, 5.41) is 5.30. The molecule has 0 aromatic heterocycles. The number of benzene rings is 2. The lowest BCUT2D eigenvalue weighted by Gasteiger charge is -2.06. The van der Waals surface area contributed by atoms with Gasteiger partial charge in [-0.2, -0.15) is 0 Å². The molecule has 2 N–H and O–H groups in total. The van der Waals surface area contributed by atoms with Crippen molar-refractivity contribution in [2.45, 2.75) is 26.9 Å². The first-order chi connectivity index (χ1) is 12.8. The summed E-state index contributed by atoms with van der Waals surface area (Å²) >= 11 is 0. The van der Waals surface area contributed by atoms with E-state index in [0.29, 0.717) is 13.1 Å². The van der Waals surface area contributed by atoms with E-state index in [-0.39, 0.29) is 22.9 Å². The quantitative estimate of drug-likeness (QED) is 0.599. The third kappa shape index (κ3) is 6.39. The van der Waals surface area contributed by atoms with Crippen molar-refractivity contribution in [3.05, 3.63) is 70.8 Å². The van der Waals surface area contributed by atoms with Crippen LogP contribution >= 0.6 is 0 Å². The topological polar surface area (TPSA) is 102 Å². The highest BCUT2D eigenvalue weighted by Gasteiger charge is 2.15. The van der Waals surface area contributed by atoms with Gasteiger partial charge in [-0.25, -0.2) is 9.59 Å². The summed E-state index contributed by atoms with van der Waals surface area (Å²) in [4.78, 5) is 46.0.